The summed E-state index contributed by atoms with van der Waals surface area (Å²) in [5.74, 6) is -0.421. The van der Waals surface area contributed by atoms with Gasteiger partial charge in [-0.3, -0.25) is 14.6 Å². The molecule has 0 bridgehead atoms. The summed E-state index contributed by atoms with van der Waals surface area (Å²) < 4.78 is 0. The highest BCUT2D eigenvalue weighted by Crippen LogP contribution is 2.09. The number of carbonyl (C=O) groups is 2. The van der Waals surface area contributed by atoms with E-state index in [1.807, 2.05) is 44.2 Å². The second kappa shape index (κ2) is 7.54. The van der Waals surface area contributed by atoms with Crippen molar-refractivity contribution < 1.29 is 9.59 Å². The number of benzene rings is 1. The van der Waals surface area contributed by atoms with E-state index in [4.69, 9.17) is 0 Å². The van der Waals surface area contributed by atoms with E-state index in [-0.39, 0.29) is 23.6 Å². The van der Waals surface area contributed by atoms with Crippen LogP contribution < -0.4 is 5.32 Å². The number of carbonyl (C=O) groups excluding carboxylic acids is 2. The third kappa shape index (κ3) is 4.64. The van der Waals surface area contributed by atoms with E-state index in [1.165, 1.54) is 12.3 Å². The maximum atomic E-state index is 12.5. The third-order valence-electron chi connectivity index (χ3n) is 3.27. The van der Waals surface area contributed by atoms with Gasteiger partial charge in [-0.1, -0.05) is 30.3 Å². The summed E-state index contributed by atoms with van der Waals surface area (Å²) in [4.78, 5) is 30.2. The maximum Gasteiger partial charge on any atom is 0.272 e. The minimum Gasteiger partial charge on any atom is -0.350 e. The zero-order valence-electron chi connectivity index (χ0n) is 13.6. The fourth-order valence-corrected chi connectivity index (χ4v) is 2.16. The molecule has 0 aliphatic rings. The van der Waals surface area contributed by atoms with Crippen LogP contribution in [0.15, 0.2) is 48.7 Å². The molecule has 0 fully saturated rings. The first-order valence-corrected chi connectivity index (χ1v) is 7.53. The summed E-state index contributed by atoms with van der Waals surface area (Å²) in [6.45, 7) is 4.27. The van der Waals surface area contributed by atoms with Gasteiger partial charge in [0.1, 0.15) is 5.69 Å². The van der Waals surface area contributed by atoms with Gasteiger partial charge in [0.15, 0.2) is 0 Å². The molecule has 0 radical (unpaired) electrons. The van der Waals surface area contributed by atoms with Crippen LogP contribution in [-0.4, -0.2) is 34.8 Å². The van der Waals surface area contributed by atoms with Gasteiger partial charge < -0.3 is 10.2 Å². The van der Waals surface area contributed by atoms with Crippen LogP contribution in [0.25, 0.3) is 0 Å². The van der Waals surface area contributed by atoms with E-state index in [2.05, 4.69) is 10.3 Å². The van der Waals surface area contributed by atoms with Gasteiger partial charge >= 0.3 is 0 Å². The number of pyridine rings is 1. The number of hydrogen-bond acceptors (Lipinski definition) is 3. The first kappa shape index (κ1) is 16.7. The second-order valence-electron chi connectivity index (χ2n) is 5.70. The molecule has 1 N–H and O–H groups in total. The lowest BCUT2D eigenvalue weighted by Gasteiger charge is -2.17. The first-order valence-electron chi connectivity index (χ1n) is 7.53. The molecule has 1 heterocycles. The van der Waals surface area contributed by atoms with E-state index < -0.39 is 0 Å². The minimum atomic E-state index is -0.215. The molecule has 0 saturated carbocycles. The summed E-state index contributed by atoms with van der Waals surface area (Å²) in [5.41, 5.74) is 1.74. The number of nitrogens with zero attached hydrogens (tertiary/aromatic N) is 2. The molecule has 5 nitrogen and oxygen atoms in total. The third-order valence-corrected chi connectivity index (χ3v) is 3.27. The molecule has 0 spiro atoms. The molecule has 1 aromatic heterocycles. The Morgan fingerprint density at radius 1 is 1.17 bits per heavy atom. The van der Waals surface area contributed by atoms with Crippen molar-refractivity contribution in [2.45, 2.75) is 26.4 Å². The molecule has 1 aromatic carbocycles. The average molecular weight is 311 g/mol. The Balaban J connectivity index is 2.11. The number of nitrogens with one attached hydrogen (secondary N) is 1. The Labute approximate surface area is 136 Å². The number of rotatable bonds is 5. The molecule has 2 aromatic rings. The van der Waals surface area contributed by atoms with Crippen LogP contribution in [0, 0.1) is 0 Å². The van der Waals surface area contributed by atoms with Crippen molar-refractivity contribution in [1.29, 1.82) is 0 Å². The van der Waals surface area contributed by atoms with Gasteiger partial charge in [0, 0.05) is 31.4 Å². The lowest BCUT2D eigenvalue weighted by molar-refractivity contribution is 0.0779. The lowest BCUT2D eigenvalue weighted by Crippen LogP contribution is -2.31. The van der Waals surface area contributed by atoms with Gasteiger partial charge in [0.25, 0.3) is 11.8 Å². The molecule has 23 heavy (non-hydrogen) atoms. The fraction of sp³-hybridized carbons (Fsp3) is 0.278. The number of hydrogen-bond donors (Lipinski definition) is 1. The lowest BCUT2D eigenvalue weighted by atomic mass is 10.1. The Morgan fingerprint density at radius 3 is 2.52 bits per heavy atom. The van der Waals surface area contributed by atoms with Gasteiger partial charge in [-0.25, -0.2) is 0 Å². The minimum absolute atomic E-state index is 0.0376. The van der Waals surface area contributed by atoms with Crippen molar-refractivity contribution in [3.8, 4) is 0 Å². The van der Waals surface area contributed by atoms with E-state index in [0.717, 1.165) is 5.56 Å². The van der Waals surface area contributed by atoms with Crippen molar-refractivity contribution in [2.75, 3.05) is 7.05 Å². The van der Waals surface area contributed by atoms with Crippen molar-refractivity contribution >= 4 is 11.8 Å². The molecule has 120 valence electrons. The molecule has 0 unspecified atom stereocenters. The highest BCUT2D eigenvalue weighted by atomic mass is 16.2. The molecular formula is C18H21N3O2. The van der Waals surface area contributed by atoms with Crippen LogP contribution in [0.5, 0.6) is 0 Å². The highest BCUT2D eigenvalue weighted by Gasteiger charge is 2.16. The van der Waals surface area contributed by atoms with Crippen LogP contribution in [0.1, 0.15) is 40.3 Å². The predicted molar refractivity (Wildman–Crippen MR) is 89.1 cm³/mol. The van der Waals surface area contributed by atoms with Crippen molar-refractivity contribution in [2.24, 2.45) is 0 Å². The van der Waals surface area contributed by atoms with E-state index in [9.17, 15) is 9.59 Å². The molecule has 2 rings (SSSR count). The van der Waals surface area contributed by atoms with Gasteiger partial charge in [0.2, 0.25) is 0 Å². The maximum absolute atomic E-state index is 12.5. The van der Waals surface area contributed by atoms with Crippen molar-refractivity contribution in [3.05, 3.63) is 65.5 Å². The molecule has 0 aliphatic carbocycles. The number of amides is 2. The van der Waals surface area contributed by atoms with Crippen LogP contribution in [0.2, 0.25) is 0 Å². The Bertz CT molecular complexity index is 684. The molecule has 0 saturated heterocycles. The zero-order chi connectivity index (χ0) is 16.8. The highest BCUT2D eigenvalue weighted by molar-refractivity contribution is 5.98. The zero-order valence-corrected chi connectivity index (χ0v) is 13.6. The Hall–Kier alpha value is -2.69. The van der Waals surface area contributed by atoms with Crippen molar-refractivity contribution in [1.82, 2.24) is 15.2 Å². The smallest absolute Gasteiger partial charge is 0.272 e. The van der Waals surface area contributed by atoms with Crippen molar-refractivity contribution in [3.63, 3.8) is 0 Å². The van der Waals surface area contributed by atoms with Gasteiger partial charge in [0.05, 0.1) is 0 Å². The standard InChI is InChI=1S/C18H21N3O2/c1-13(2)20-17(22)15-9-10-19-16(11-15)18(23)21(3)12-14-7-5-4-6-8-14/h4-11,13H,12H2,1-3H3,(H,20,22). The van der Waals surface area contributed by atoms with E-state index >= 15 is 0 Å². The quantitative estimate of drug-likeness (QED) is 0.923. The molecule has 0 aliphatic heterocycles. The summed E-state index contributed by atoms with van der Waals surface area (Å²) in [5, 5.41) is 2.80. The topological polar surface area (TPSA) is 62.3 Å². The van der Waals surface area contributed by atoms with Gasteiger partial charge in [-0.15, -0.1) is 0 Å². The van der Waals surface area contributed by atoms with Gasteiger partial charge in [-0.2, -0.15) is 0 Å². The van der Waals surface area contributed by atoms with Crippen LogP contribution >= 0.6 is 0 Å². The predicted octanol–water partition coefficient (Wildman–Crippen LogP) is 2.49. The molecular weight excluding hydrogens is 290 g/mol. The van der Waals surface area contributed by atoms with E-state index in [1.54, 1.807) is 18.0 Å². The molecule has 5 heteroatoms. The summed E-state index contributed by atoms with van der Waals surface area (Å²) in [7, 11) is 1.72. The Morgan fingerprint density at radius 2 is 1.87 bits per heavy atom. The van der Waals surface area contributed by atoms with Crippen LogP contribution in [0.3, 0.4) is 0 Å². The summed E-state index contributed by atoms with van der Waals surface area (Å²) in [6, 6.07) is 12.9. The SMILES string of the molecule is CC(C)NC(=O)c1ccnc(C(=O)N(C)Cc2ccccc2)c1. The van der Waals surface area contributed by atoms with Crippen LogP contribution in [0.4, 0.5) is 0 Å². The summed E-state index contributed by atoms with van der Waals surface area (Å²) in [6.07, 6.45) is 1.48. The monoisotopic (exact) mass is 311 g/mol. The van der Waals surface area contributed by atoms with Crippen LogP contribution in [-0.2, 0) is 6.54 Å². The van der Waals surface area contributed by atoms with Gasteiger partial charge in [-0.05, 0) is 31.5 Å². The summed E-state index contributed by atoms with van der Waals surface area (Å²) >= 11 is 0. The average Bonchev–Trinajstić information content (AvgIpc) is 2.54. The first-order chi connectivity index (χ1) is 11.0. The molecule has 2 amide bonds. The largest absolute Gasteiger partial charge is 0.350 e. The fourth-order valence-electron chi connectivity index (χ4n) is 2.16. The normalized spacial score (nSPS) is 10.4. The Kier molecular flexibility index (Phi) is 5.46. The van der Waals surface area contributed by atoms with E-state index in [0.29, 0.717) is 12.1 Å². The second-order valence-corrected chi connectivity index (χ2v) is 5.70. The molecule has 0 atom stereocenters. The number of aromatic nitrogens is 1.